The van der Waals surface area contributed by atoms with E-state index in [-0.39, 0.29) is 0 Å². The molecule has 0 aromatic heterocycles. The molecule has 1 fully saturated rings. The molecular weight excluding hydrogens is 265 g/mol. The summed E-state index contributed by atoms with van der Waals surface area (Å²) in [5.74, 6) is -3.72. The molecule has 2 aliphatic heterocycles. The van der Waals surface area contributed by atoms with E-state index in [1.807, 2.05) is 0 Å². The van der Waals surface area contributed by atoms with Crippen molar-refractivity contribution in [3.63, 3.8) is 0 Å². The number of rotatable bonds is 3. The van der Waals surface area contributed by atoms with Crippen LogP contribution >= 0.6 is 0 Å². The zero-order valence-electron chi connectivity index (χ0n) is 10.3. The van der Waals surface area contributed by atoms with Gasteiger partial charge in [0.1, 0.15) is 11.7 Å². The summed E-state index contributed by atoms with van der Waals surface area (Å²) >= 11 is 0. The molecule has 1 amide bonds. The van der Waals surface area contributed by atoms with Gasteiger partial charge in [0.25, 0.3) is 0 Å². The number of ether oxygens (including phenoxy) is 1. The van der Waals surface area contributed by atoms with E-state index in [1.54, 1.807) is 18.2 Å². The molecular formula is C14H12FNO4. The van der Waals surface area contributed by atoms with Gasteiger partial charge in [-0.25, -0.2) is 4.39 Å². The fourth-order valence-electron chi connectivity index (χ4n) is 2.71. The molecule has 0 spiro atoms. The molecule has 1 aromatic carbocycles. The number of carboxylic acids is 1. The van der Waals surface area contributed by atoms with Gasteiger partial charge in [-0.1, -0.05) is 18.2 Å². The molecule has 0 aliphatic carbocycles. The van der Waals surface area contributed by atoms with E-state index in [9.17, 15) is 19.1 Å². The van der Waals surface area contributed by atoms with Crippen molar-refractivity contribution >= 4 is 17.6 Å². The predicted octanol–water partition coefficient (Wildman–Crippen LogP) is 1.42. The van der Waals surface area contributed by atoms with Gasteiger partial charge in [-0.2, -0.15) is 0 Å². The highest BCUT2D eigenvalue weighted by Gasteiger charge is 2.53. The van der Waals surface area contributed by atoms with Gasteiger partial charge in [0.15, 0.2) is 0 Å². The lowest BCUT2D eigenvalue weighted by molar-refractivity contribution is -0.145. The molecule has 1 aromatic rings. The number of fused-ring (bicyclic) bond motifs is 2. The van der Waals surface area contributed by atoms with Gasteiger partial charge in [-0.3, -0.25) is 9.59 Å². The highest BCUT2D eigenvalue weighted by Crippen LogP contribution is 2.39. The van der Waals surface area contributed by atoms with Gasteiger partial charge in [0.2, 0.25) is 5.91 Å². The van der Waals surface area contributed by atoms with E-state index < -0.39 is 41.7 Å². The second-order valence-corrected chi connectivity index (χ2v) is 4.84. The average molecular weight is 277 g/mol. The maximum Gasteiger partial charge on any atom is 0.310 e. The minimum atomic E-state index is -1.07. The molecule has 4 atom stereocenters. The van der Waals surface area contributed by atoms with E-state index in [0.29, 0.717) is 5.69 Å². The number of anilines is 1. The topological polar surface area (TPSA) is 75.6 Å². The molecule has 104 valence electrons. The number of aliphatic carboxylic acids is 1. The Bertz CT molecular complexity index is 601. The number of carbonyl (C=O) groups excluding carboxylic acids is 1. The van der Waals surface area contributed by atoms with Crippen LogP contribution in [0.15, 0.2) is 36.4 Å². The average Bonchev–Trinajstić information content (AvgIpc) is 2.98. The summed E-state index contributed by atoms with van der Waals surface area (Å²) in [6.07, 6.45) is 2.26. The van der Waals surface area contributed by atoms with Crippen molar-refractivity contribution in [2.45, 2.75) is 12.2 Å². The van der Waals surface area contributed by atoms with Crippen LogP contribution in [0.3, 0.4) is 0 Å². The molecule has 2 aliphatic rings. The van der Waals surface area contributed by atoms with Crippen molar-refractivity contribution in [1.29, 1.82) is 0 Å². The summed E-state index contributed by atoms with van der Waals surface area (Å²) in [5.41, 5.74) is 0.297. The summed E-state index contributed by atoms with van der Waals surface area (Å²) in [4.78, 5) is 23.5. The molecule has 0 unspecified atom stereocenters. The maximum absolute atomic E-state index is 13.1. The van der Waals surface area contributed by atoms with Gasteiger partial charge in [0.05, 0.1) is 18.1 Å². The quantitative estimate of drug-likeness (QED) is 0.819. The Morgan fingerprint density at radius 2 is 1.90 bits per heavy atom. The van der Waals surface area contributed by atoms with Crippen LogP contribution in [-0.2, 0) is 14.3 Å². The van der Waals surface area contributed by atoms with E-state index in [2.05, 4.69) is 5.32 Å². The van der Waals surface area contributed by atoms with Crippen LogP contribution in [0.2, 0.25) is 0 Å². The number of hydrogen-bond donors (Lipinski definition) is 2. The lowest BCUT2D eigenvalue weighted by Gasteiger charge is -2.20. The number of carboxylic acid groups (broad SMARTS) is 1. The van der Waals surface area contributed by atoms with Crippen molar-refractivity contribution in [1.82, 2.24) is 0 Å². The number of amides is 1. The number of nitrogens with one attached hydrogen (secondary N) is 1. The number of carbonyl (C=O) groups is 2. The molecule has 5 nitrogen and oxygen atoms in total. The van der Waals surface area contributed by atoms with Gasteiger partial charge in [-0.15, -0.1) is 0 Å². The fourth-order valence-corrected chi connectivity index (χ4v) is 2.71. The lowest BCUT2D eigenvalue weighted by atomic mass is 9.82. The van der Waals surface area contributed by atoms with E-state index in [0.717, 1.165) is 0 Å². The zero-order chi connectivity index (χ0) is 14.3. The molecule has 0 saturated carbocycles. The van der Waals surface area contributed by atoms with Crippen LogP contribution in [0.4, 0.5) is 10.1 Å². The van der Waals surface area contributed by atoms with Crippen LogP contribution < -0.4 is 5.32 Å². The first-order valence-electron chi connectivity index (χ1n) is 6.19. The number of benzene rings is 1. The molecule has 2 heterocycles. The Hall–Kier alpha value is -2.21. The van der Waals surface area contributed by atoms with Gasteiger partial charge >= 0.3 is 5.97 Å². The van der Waals surface area contributed by atoms with Crippen molar-refractivity contribution in [2.24, 2.45) is 11.8 Å². The highest BCUT2D eigenvalue weighted by atomic mass is 19.1. The lowest BCUT2D eigenvalue weighted by Crippen LogP contribution is -2.39. The molecule has 2 N–H and O–H groups in total. The highest BCUT2D eigenvalue weighted by molar-refractivity contribution is 5.96. The van der Waals surface area contributed by atoms with Gasteiger partial charge < -0.3 is 15.2 Å². The normalized spacial score (nSPS) is 30.4. The molecule has 6 heteroatoms. The Balaban J connectivity index is 1.80. The third-order valence-electron chi connectivity index (χ3n) is 3.58. The van der Waals surface area contributed by atoms with Crippen molar-refractivity contribution < 1.29 is 23.8 Å². The van der Waals surface area contributed by atoms with Crippen LogP contribution in [0.1, 0.15) is 0 Å². The predicted molar refractivity (Wildman–Crippen MR) is 67.4 cm³/mol. The summed E-state index contributed by atoms with van der Waals surface area (Å²) in [5, 5.41) is 11.7. The first-order chi connectivity index (χ1) is 9.56. The van der Waals surface area contributed by atoms with Crippen LogP contribution in [-0.4, -0.2) is 29.2 Å². The Kier molecular flexibility index (Phi) is 3.02. The fraction of sp³-hybridized carbons (Fsp3) is 0.286. The Morgan fingerprint density at radius 3 is 2.55 bits per heavy atom. The third-order valence-corrected chi connectivity index (χ3v) is 3.58. The van der Waals surface area contributed by atoms with Gasteiger partial charge in [-0.05, 0) is 18.2 Å². The van der Waals surface area contributed by atoms with Crippen LogP contribution in [0, 0.1) is 17.7 Å². The minimum Gasteiger partial charge on any atom is -0.481 e. The van der Waals surface area contributed by atoms with E-state index in [1.165, 1.54) is 18.2 Å². The largest absolute Gasteiger partial charge is 0.481 e. The van der Waals surface area contributed by atoms with Crippen molar-refractivity contribution in [3.8, 4) is 0 Å². The molecule has 0 radical (unpaired) electrons. The number of halogens is 1. The first kappa shape index (κ1) is 12.8. The zero-order valence-corrected chi connectivity index (χ0v) is 10.3. The molecule has 2 bridgehead atoms. The third kappa shape index (κ3) is 2.08. The molecule has 1 saturated heterocycles. The Morgan fingerprint density at radius 1 is 1.20 bits per heavy atom. The van der Waals surface area contributed by atoms with Crippen LogP contribution in [0.5, 0.6) is 0 Å². The summed E-state index contributed by atoms with van der Waals surface area (Å²) in [7, 11) is 0. The molecule has 20 heavy (non-hydrogen) atoms. The van der Waals surface area contributed by atoms with E-state index >= 15 is 0 Å². The first-order valence-corrected chi connectivity index (χ1v) is 6.19. The standard InChI is InChI=1S/C14H12FNO4/c15-7-2-1-3-8(6-7)16-13(17)11-9-4-5-10(20-9)12(11)14(18)19/h1-6,9-12H,(H,16,17)(H,18,19)/t9-,10-,11-,12-/m0/s1. The minimum absolute atomic E-state index is 0.297. The van der Waals surface area contributed by atoms with E-state index in [4.69, 9.17) is 4.74 Å². The summed E-state index contributed by atoms with van der Waals surface area (Å²) in [6.45, 7) is 0. The second kappa shape index (κ2) is 4.72. The SMILES string of the molecule is O=C(O)[C@@H]1[C@@H](C(=O)Nc2cccc(F)c2)[C@@H]2C=C[C@@H]1O2. The smallest absolute Gasteiger partial charge is 0.310 e. The summed E-state index contributed by atoms with van der Waals surface area (Å²) in [6, 6.07) is 5.45. The van der Waals surface area contributed by atoms with Gasteiger partial charge in [0, 0.05) is 5.69 Å². The molecule has 3 rings (SSSR count). The Labute approximate surface area is 114 Å². The monoisotopic (exact) mass is 277 g/mol. The summed E-state index contributed by atoms with van der Waals surface area (Å²) < 4.78 is 18.5. The number of hydrogen-bond acceptors (Lipinski definition) is 3. The van der Waals surface area contributed by atoms with Crippen LogP contribution in [0.25, 0.3) is 0 Å². The van der Waals surface area contributed by atoms with Crippen molar-refractivity contribution in [3.05, 3.63) is 42.2 Å². The maximum atomic E-state index is 13.1. The second-order valence-electron chi connectivity index (χ2n) is 4.84. The van der Waals surface area contributed by atoms with Crippen molar-refractivity contribution in [2.75, 3.05) is 5.32 Å².